The fraction of sp³-hybridized carbons (Fsp3) is 0.375. The van der Waals surface area contributed by atoms with Crippen LogP contribution in [-0.2, 0) is 18.5 Å². The summed E-state index contributed by atoms with van der Waals surface area (Å²) in [6, 6.07) is 8.15. The number of benzene rings is 1. The van der Waals surface area contributed by atoms with Crippen molar-refractivity contribution in [1.29, 1.82) is 0 Å². The van der Waals surface area contributed by atoms with Gasteiger partial charge in [0.2, 0.25) is 0 Å². The number of aromatic amines is 1. The quantitative estimate of drug-likeness (QED) is 0.785. The fourth-order valence-electron chi connectivity index (χ4n) is 3.09. The molecule has 1 aliphatic carbocycles. The molecule has 3 N–H and O–H groups in total. The van der Waals surface area contributed by atoms with Crippen LogP contribution in [0.15, 0.2) is 28.7 Å². The number of nitrogens with zero attached hydrogens (tertiary/aromatic N) is 1. The molecule has 2 aromatic rings. The second-order valence-electron chi connectivity index (χ2n) is 6.00. The van der Waals surface area contributed by atoms with Crippen molar-refractivity contribution in [2.75, 3.05) is 6.54 Å². The first kappa shape index (κ1) is 14.0. The van der Waals surface area contributed by atoms with E-state index in [0.29, 0.717) is 12.2 Å². The summed E-state index contributed by atoms with van der Waals surface area (Å²) in [5.41, 5.74) is 3.54. The number of hydrogen-bond acceptors (Lipinski definition) is 3. The van der Waals surface area contributed by atoms with E-state index in [0.717, 1.165) is 47.1 Å². The summed E-state index contributed by atoms with van der Waals surface area (Å²) in [6.45, 7) is 1.64. The van der Waals surface area contributed by atoms with Crippen LogP contribution in [0.4, 0.5) is 0 Å². The maximum atomic E-state index is 12.7. The van der Waals surface area contributed by atoms with Crippen LogP contribution in [0, 0.1) is 0 Å². The van der Waals surface area contributed by atoms with Crippen LogP contribution in [-0.4, -0.2) is 22.6 Å². The molecule has 1 saturated carbocycles. The third-order valence-corrected chi connectivity index (χ3v) is 4.99. The highest BCUT2D eigenvalue weighted by Gasteiger charge is 2.46. The Balaban J connectivity index is 1.58. The van der Waals surface area contributed by atoms with E-state index in [9.17, 15) is 4.79 Å². The number of fused-ring (bicyclic) bond motifs is 1. The maximum absolute atomic E-state index is 12.7. The Kier molecular flexibility index (Phi) is 3.31. The first-order chi connectivity index (χ1) is 10.7. The van der Waals surface area contributed by atoms with E-state index in [1.54, 1.807) is 0 Å². The molecule has 22 heavy (non-hydrogen) atoms. The Labute approximate surface area is 137 Å². The third-order valence-electron chi connectivity index (χ3n) is 4.50. The zero-order chi connectivity index (χ0) is 15.2. The van der Waals surface area contributed by atoms with Crippen molar-refractivity contribution in [3.63, 3.8) is 0 Å². The molecule has 5 nitrogen and oxygen atoms in total. The first-order valence-corrected chi connectivity index (χ1v) is 8.33. The zero-order valence-electron chi connectivity index (χ0n) is 12.1. The predicted octanol–water partition coefficient (Wildman–Crippen LogP) is 2.24. The van der Waals surface area contributed by atoms with Gasteiger partial charge in [-0.15, -0.1) is 0 Å². The lowest BCUT2D eigenvalue weighted by Gasteiger charge is -2.19. The Morgan fingerprint density at radius 1 is 1.36 bits per heavy atom. The van der Waals surface area contributed by atoms with E-state index in [1.807, 2.05) is 12.1 Å². The van der Waals surface area contributed by atoms with Gasteiger partial charge in [-0.3, -0.25) is 9.89 Å². The van der Waals surface area contributed by atoms with Crippen molar-refractivity contribution in [2.45, 2.75) is 31.3 Å². The van der Waals surface area contributed by atoms with Gasteiger partial charge >= 0.3 is 0 Å². The lowest BCUT2D eigenvalue weighted by atomic mass is 10.0. The highest BCUT2D eigenvalue weighted by Crippen LogP contribution is 2.46. The van der Waals surface area contributed by atoms with Crippen LogP contribution in [0.5, 0.6) is 0 Å². The summed E-state index contributed by atoms with van der Waals surface area (Å²) in [4.78, 5) is 12.7. The number of carbonyl (C=O) groups is 1. The molecule has 6 heteroatoms. The molecule has 1 aromatic heterocycles. The molecule has 2 aliphatic rings. The number of halogens is 1. The van der Waals surface area contributed by atoms with E-state index < -0.39 is 0 Å². The standard InChI is InChI=1S/C16H17BrN4O/c17-11-3-1-2-10(8-11)16(5-6-16)19-15(22)14-12-9-18-7-4-13(12)20-21-14/h1-3,8,18H,4-7,9H2,(H,19,22)(H,20,21). The number of nitrogens with one attached hydrogen (secondary N) is 3. The molecule has 0 unspecified atom stereocenters. The van der Waals surface area contributed by atoms with Crippen molar-refractivity contribution in [3.8, 4) is 0 Å². The average molecular weight is 361 g/mol. The van der Waals surface area contributed by atoms with Crippen molar-refractivity contribution >= 4 is 21.8 Å². The van der Waals surface area contributed by atoms with Gasteiger partial charge in [0.1, 0.15) is 0 Å². The molecule has 1 aliphatic heterocycles. The smallest absolute Gasteiger partial charge is 0.272 e. The third kappa shape index (κ3) is 2.36. The van der Waals surface area contributed by atoms with Crippen LogP contribution in [0.2, 0.25) is 0 Å². The molecule has 4 rings (SSSR count). The fourth-order valence-corrected chi connectivity index (χ4v) is 3.49. The topological polar surface area (TPSA) is 69.8 Å². The summed E-state index contributed by atoms with van der Waals surface area (Å²) < 4.78 is 1.03. The van der Waals surface area contributed by atoms with Gasteiger partial charge in [0.25, 0.3) is 5.91 Å². The minimum absolute atomic E-state index is 0.0846. The van der Waals surface area contributed by atoms with Crippen LogP contribution >= 0.6 is 15.9 Å². The van der Waals surface area contributed by atoms with E-state index in [4.69, 9.17) is 0 Å². The van der Waals surface area contributed by atoms with Crippen LogP contribution in [0.25, 0.3) is 0 Å². The molecule has 1 fully saturated rings. The van der Waals surface area contributed by atoms with Gasteiger partial charge in [-0.05, 0) is 30.5 Å². The average Bonchev–Trinajstić information content (AvgIpc) is 3.17. The van der Waals surface area contributed by atoms with Gasteiger partial charge in [0.05, 0.1) is 5.54 Å². The Morgan fingerprint density at radius 2 is 2.23 bits per heavy atom. The van der Waals surface area contributed by atoms with E-state index in [2.05, 4.69) is 48.9 Å². The van der Waals surface area contributed by atoms with Gasteiger partial charge in [0.15, 0.2) is 5.69 Å². The number of hydrogen-bond donors (Lipinski definition) is 3. The SMILES string of the molecule is O=C(NC1(c2cccc(Br)c2)CC1)c1n[nH]c2c1CNCC2. The zero-order valence-corrected chi connectivity index (χ0v) is 13.7. The molecule has 0 radical (unpaired) electrons. The number of H-pyrrole nitrogens is 1. The highest BCUT2D eigenvalue weighted by molar-refractivity contribution is 9.10. The summed E-state index contributed by atoms with van der Waals surface area (Å²) in [6.07, 6.45) is 2.84. The maximum Gasteiger partial charge on any atom is 0.272 e. The molecule has 2 heterocycles. The number of amides is 1. The summed E-state index contributed by atoms with van der Waals surface area (Å²) in [5, 5.41) is 13.7. The summed E-state index contributed by atoms with van der Waals surface area (Å²) in [7, 11) is 0. The molecule has 0 spiro atoms. The number of carbonyl (C=O) groups excluding carboxylic acids is 1. The van der Waals surface area contributed by atoms with E-state index in [1.165, 1.54) is 0 Å². The second-order valence-corrected chi connectivity index (χ2v) is 6.92. The lowest BCUT2D eigenvalue weighted by molar-refractivity contribution is 0.0924. The molecule has 1 aromatic carbocycles. The summed E-state index contributed by atoms with van der Waals surface area (Å²) in [5.74, 6) is -0.0846. The van der Waals surface area contributed by atoms with E-state index in [-0.39, 0.29) is 11.4 Å². The molecule has 114 valence electrons. The normalized spacial score (nSPS) is 18.6. The van der Waals surface area contributed by atoms with Gasteiger partial charge in [0, 0.05) is 35.2 Å². The van der Waals surface area contributed by atoms with Gasteiger partial charge in [-0.2, -0.15) is 5.10 Å². The minimum atomic E-state index is -0.227. The van der Waals surface area contributed by atoms with Crippen molar-refractivity contribution in [3.05, 3.63) is 51.3 Å². The van der Waals surface area contributed by atoms with Gasteiger partial charge in [-0.1, -0.05) is 28.1 Å². The first-order valence-electron chi connectivity index (χ1n) is 7.53. The van der Waals surface area contributed by atoms with Crippen LogP contribution < -0.4 is 10.6 Å². The molecular weight excluding hydrogens is 344 g/mol. The largest absolute Gasteiger partial charge is 0.341 e. The van der Waals surface area contributed by atoms with Gasteiger partial charge < -0.3 is 10.6 Å². The predicted molar refractivity (Wildman–Crippen MR) is 86.5 cm³/mol. The molecule has 1 amide bonds. The lowest BCUT2D eigenvalue weighted by Crippen LogP contribution is -2.36. The van der Waals surface area contributed by atoms with Crippen LogP contribution in [0.1, 0.15) is 40.2 Å². The Bertz CT molecular complexity index is 735. The molecule has 0 saturated heterocycles. The van der Waals surface area contributed by atoms with Crippen LogP contribution in [0.3, 0.4) is 0 Å². The highest BCUT2D eigenvalue weighted by atomic mass is 79.9. The van der Waals surface area contributed by atoms with Crippen molar-refractivity contribution in [1.82, 2.24) is 20.8 Å². The van der Waals surface area contributed by atoms with Crippen molar-refractivity contribution in [2.24, 2.45) is 0 Å². The van der Waals surface area contributed by atoms with E-state index >= 15 is 0 Å². The second kappa shape index (κ2) is 5.21. The monoisotopic (exact) mass is 360 g/mol. The number of rotatable bonds is 3. The summed E-state index contributed by atoms with van der Waals surface area (Å²) >= 11 is 3.50. The van der Waals surface area contributed by atoms with Crippen molar-refractivity contribution < 1.29 is 4.79 Å². The molecular formula is C16H17BrN4O. The molecule has 0 atom stereocenters. The molecule has 0 bridgehead atoms. The number of aromatic nitrogens is 2. The Morgan fingerprint density at radius 3 is 3.00 bits per heavy atom. The Hall–Kier alpha value is -1.66. The minimum Gasteiger partial charge on any atom is -0.341 e. The van der Waals surface area contributed by atoms with Gasteiger partial charge in [-0.25, -0.2) is 0 Å².